The maximum Gasteiger partial charge on any atom is 0.226 e. The second-order valence-electron chi connectivity index (χ2n) is 8.41. The summed E-state index contributed by atoms with van der Waals surface area (Å²) in [6.45, 7) is -0.102. The minimum atomic E-state index is -0.598. The van der Waals surface area contributed by atoms with Gasteiger partial charge in [-0.25, -0.2) is 4.39 Å². The molecule has 1 aliphatic rings. The molecule has 0 radical (unpaired) electrons. The fourth-order valence-electron chi connectivity index (χ4n) is 3.67. The first-order valence-electron chi connectivity index (χ1n) is 10.9. The van der Waals surface area contributed by atoms with Crippen LogP contribution >= 0.6 is 11.6 Å². The van der Waals surface area contributed by atoms with E-state index >= 15 is 0 Å². The Morgan fingerprint density at radius 2 is 1.89 bits per heavy atom. The summed E-state index contributed by atoms with van der Waals surface area (Å²) < 4.78 is 15.2. The molecule has 0 aliphatic heterocycles. The predicted molar refractivity (Wildman–Crippen MR) is 132 cm³/mol. The molecule has 2 aromatic carbocycles. The van der Waals surface area contributed by atoms with Crippen molar-refractivity contribution in [1.82, 2.24) is 10.0 Å². The largest absolute Gasteiger partial charge is 0.427 e. The van der Waals surface area contributed by atoms with Crippen LogP contribution in [0.4, 0.5) is 15.8 Å². The Balaban J connectivity index is 1.66. The average Bonchev–Trinajstić information content (AvgIpc) is 3.59. The van der Waals surface area contributed by atoms with Gasteiger partial charge < -0.3 is 27.7 Å². The van der Waals surface area contributed by atoms with Gasteiger partial charge in [0.15, 0.2) is 5.49 Å². The Morgan fingerprint density at radius 3 is 2.49 bits per heavy atom. The lowest BCUT2D eigenvalue weighted by Crippen LogP contribution is -2.30. The molecule has 4 rings (SSSR count). The minimum Gasteiger partial charge on any atom is -0.427 e. The number of pyridine rings is 1. The van der Waals surface area contributed by atoms with Crippen LogP contribution in [-0.4, -0.2) is 27.7 Å². The van der Waals surface area contributed by atoms with Crippen molar-refractivity contribution in [2.45, 2.75) is 31.8 Å². The van der Waals surface area contributed by atoms with E-state index in [1.165, 1.54) is 18.2 Å². The zero-order chi connectivity index (χ0) is 25.3. The highest BCUT2D eigenvalue weighted by atomic mass is 35.5. The van der Waals surface area contributed by atoms with Gasteiger partial charge in [0.2, 0.25) is 5.91 Å². The number of rotatable bonds is 7. The number of carbonyl (C=O) groups excluding carboxylic acids is 1. The third-order valence-corrected chi connectivity index (χ3v) is 5.85. The summed E-state index contributed by atoms with van der Waals surface area (Å²) in [6, 6.07) is 10.6. The summed E-state index contributed by atoms with van der Waals surface area (Å²) in [7, 11) is 0. The van der Waals surface area contributed by atoms with Crippen LogP contribution in [-0.2, 0) is 17.8 Å². The van der Waals surface area contributed by atoms with Gasteiger partial charge in [-0.05, 0) is 42.7 Å². The minimum absolute atomic E-state index is 0.0981. The standard InChI is InChI=1S/C24H25ClFN7O2/c25-18-9-21(32-17-3-4-17)33(35)20(23(18)14-5-15(27)8-16(28)6-14)10-22(34)31-11-13-2-1-12(24(29)30)7-19(13)26/h1-2,5-9,17,35H,3-4,10-11,27-28H2,(H3,29,30)(H,31,34). The number of nitrogen functional groups attached to an aromatic ring is 3. The summed E-state index contributed by atoms with van der Waals surface area (Å²) in [6.07, 6.45) is 1.55. The average molecular weight is 498 g/mol. The molecular weight excluding hydrogens is 473 g/mol. The number of halogens is 2. The molecule has 9 nitrogen and oxygen atoms in total. The van der Waals surface area contributed by atoms with Gasteiger partial charge in [-0.1, -0.05) is 23.7 Å². The van der Waals surface area contributed by atoms with Gasteiger partial charge in [0.1, 0.15) is 11.7 Å². The number of nitrogens with zero attached hydrogens (tertiary/aromatic N) is 2. The number of hydrogen-bond acceptors (Lipinski definition) is 6. The molecule has 1 amide bonds. The number of benzene rings is 2. The molecule has 0 unspecified atom stereocenters. The molecule has 3 aromatic rings. The zero-order valence-electron chi connectivity index (χ0n) is 18.7. The first kappa shape index (κ1) is 24.1. The molecule has 182 valence electrons. The number of aromatic nitrogens is 1. The van der Waals surface area contributed by atoms with Gasteiger partial charge in [-0.2, -0.15) is 4.73 Å². The van der Waals surface area contributed by atoms with Crippen molar-refractivity contribution in [2.24, 2.45) is 10.7 Å². The van der Waals surface area contributed by atoms with E-state index in [-0.39, 0.29) is 52.2 Å². The van der Waals surface area contributed by atoms with Gasteiger partial charge in [-0.3, -0.25) is 15.2 Å². The molecule has 0 atom stereocenters. The van der Waals surface area contributed by atoms with E-state index in [1.807, 2.05) is 0 Å². The second kappa shape index (κ2) is 9.67. The molecule has 0 spiro atoms. The maximum atomic E-state index is 14.3. The third kappa shape index (κ3) is 5.55. The molecule has 1 aromatic heterocycles. The van der Waals surface area contributed by atoms with Gasteiger partial charge in [0.05, 0.1) is 23.2 Å². The summed E-state index contributed by atoms with van der Waals surface area (Å²) in [4.78, 5) is 17.3. The number of carbonyl (C=O) groups is 1. The molecule has 35 heavy (non-hydrogen) atoms. The lowest BCUT2D eigenvalue weighted by Gasteiger charge is -2.17. The number of anilines is 2. The Bertz CT molecular complexity index is 1380. The highest BCUT2D eigenvalue weighted by Crippen LogP contribution is 2.33. The number of amides is 1. The fraction of sp³-hybridized carbons (Fsp3) is 0.208. The summed E-state index contributed by atoms with van der Waals surface area (Å²) in [5.41, 5.74) is 19.9. The van der Waals surface area contributed by atoms with E-state index in [2.05, 4.69) is 10.3 Å². The molecule has 1 heterocycles. The maximum absolute atomic E-state index is 14.3. The van der Waals surface area contributed by atoms with Crippen molar-refractivity contribution in [3.8, 4) is 11.1 Å². The topological polar surface area (TPSA) is 169 Å². The van der Waals surface area contributed by atoms with Crippen molar-refractivity contribution < 1.29 is 14.4 Å². The van der Waals surface area contributed by atoms with Gasteiger partial charge in [0, 0.05) is 40.7 Å². The van der Waals surface area contributed by atoms with E-state index in [9.17, 15) is 14.4 Å². The normalized spacial score (nSPS) is 13.6. The van der Waals surface area contributed by atoms with E-state index in [4.69, 9.17) is 34.2 Å². The van der Waals surface area contributed by atoms with Crippen LogP contribution in [0.25, 0.3) is 11.1 Å². The van der Waals surface area contributed by atoms with E-state index in [0.717, 1.165) is 23.6 Å². The first-order chi connectivity index (χ1) is 16.6. The lowest BCUT2D eigenvalue weighted by atomic mass is 10.0. The number of nitrogens with two attached hydrogens (primary N) is 3. The zero-order valence-corrected chi connectivity index (χ0v) is 19.4. The molecule has 1 saturated carbocycles. The van der Waals surface area contributed by atoms with Crippen LogP contribution < -0.4 is 28.0 Å². The summed E-state index contributed by atoms with van der Waals surface area (Å²) in [5.74, 6) is -1.34. The highest BCUT2D eigenvalue weighted by Gasteiger charge is 2.23. The van der Waals surface area contributed by atoms with Crippen LogP contribution in [0.1, 0.15) is 29.7 Å². The molecule has 0 saturated heterocycles. The summed E-state index contributed by atoms with van der Waals surface area (Å²) in [5, 5.41) is 21.3. The van der Waals surface area contributed by atoms with Gasteiger partial charge >= 0.3 is 0 Å². The molecule has 1 aliphatic carbocycles. The molecule has 9 N–H and O–H groups in total. The van der Waals surface area contributed by atoms with Crippen LogP contribution in [0.3, 0.4) is 0 Å². The van der Waals surface area contributed by atoms with E-state index in [1.54, 1.807) is 18.2 Å². The lowest BCUT2D eigenvalue weighted by molar-refractivity contribution is -0.120. The smallest absolute Gasteiger partial charge is 0.226 e. The quantitative estimate of drug-likeness (QED) is 0.127. The third-order valence-electron chi connectivity index (χ3n) is 5.55. The van der Waals surface area contributed by atoms with E-state index < -0.39 is 11.7 Å². The molecule has 11 heteroatoms. The molecule has 0 bridgehead atoms. The molecular formula is C24H25ClFN7O2. The number of amidine groups is 1. The number of hydrogen-bond donors (Lipinski definition) is 6. The van der Waals surface area contributed by atoms with Crippen molar-refractivity contribution in [1.29, 1.82) is 5.41 Å². The van der Waals surface area contributed by atoms with Gasteiger partial charge in [-0.15, -0.1) is 0 Å². The Kier molecular flexibility index (Phi) is 6.65. The van der Waals surface area contributed by atoms with Crippen molar-refractivity contribution in [3.63, 3.8) is 0 Å². The van der Waals surface area contributed by atoms with Crippen molar-refractivity contribution >= 4 is 34.7 Å². The van der Waals surface area contributed by atoms with Crippen LogP contribution in [0.2, 0.25) is 5.02 Å². The predicted octanol–water partition coefficient (Wildman–Crippen LogP) is 2.56. The monoisotopic (exact) mass is 497 g/mol. The Morgan fingerprint density at radius 1 is 1.20 bits per heavy atom. The Hall–Kier alpha value is -4.05. The van der Waals surface area contributed by atoms with Crippen molar-refractivity contribution in [2.75, 3.05) is 11.5 Å². The first-order valence-corrected chi connectivity index (χ1v) is 11.2. The highest BCUT2D eigenvalue weighted by molar-refractivity contribution is 6.33. The Labute approximate surface area is 205 Å². The van der Waals surface area contributed by atoms with Crippen molar-refractivity contribution in [3.05, 3.63) is 75.6 Å². The SMILES string of the molecule is N=C(N)c1ccc(CNC(=O)Cc2c(-c3cc(N)cc(N)c3)c(Cl)cc(=NC3CC3)n2O)c(F)c1. The second-order valence-corrected chi connectivity index (χ2v) is 8.81. The fourth-order valence-corrected chi connectivity index (χ4v) is 3.98. The molecule has 1 fully saturated rings. The van der Waals surface area contributed by atoms with Crippen LogP contribution in [0.15, 0.2) is 47.5 Å². The summed E-state index contributed by atoms with van der Waals surface area (Å²) >= 11 is 6.59. The number of nitrogens with one attached hydrogen (secondary N) is 2. The van der Waals surface area contributed by atoms with E-state index in [0.29, 0.717) is 22.5 Å². The van der Waals surface area contributed by atoms with Crippen LogP contribution in [0, 0.1) is 11.2 Å². The van der Waals surface area contributed by atoms with Crippen LogP contribution in [0.5, 0.6) is 0 Å². The van der Waals surface area contributed by atoms with Gasteiger partial charge in [0.25, 0.3) is 0 Å².